The maximum Gasteiger partial charge on any atom is 0.310 e. The summed E-state index contributed by atoms with van der Waals surface area (Å²) in [6.45, 7) is 0. The van der Waals surface area contributed by atoms with E-state index in [-0.39, 0.29) is 11.8 Å². The van der Waals surface area contributed by atoms with Gasteiger partial charge >= 0.3 is 11.9 Å². The summed E-state index contributed by atoms with van der Waals surface area (Å²) in [5.41, 5.74) is 17.1. The zero-order valence-electron chi connectivity index (χ0n) is 14.6. The topological polar surface area (TPSA) is 105 Å². The molecule has 0 amide bonds. The standard InChI is InChI=1S/C20H20N2O4/c1-25-19(23)17-15-11-5-3-10(22)8-14(11)16(18(17)20(24)26-2)12-6-4-9(21)7-13(12)15/h3-8,15-18H,21-22H2,1-2H3/t15-,16-,17-,18-/m1/s1. The molecule has 2 bridgehead atoms. The highest BCUT2D eigenvalue weighted by molar-refractivity contribution is 5.88. The fourth-order valence-corrected chi connectivity index (χ4v) is 4.65. The van der Waals surface area contributed by atoms with E-state index < -0.39 is 23.8 Å². The SMILES string of the molecule is COC(=O)[C@@H]1[C@@H]2c3ccc(N)cc3[C@@H](c3ccc(N)cc32)[C@H]1C(=O)OC. The van der Waals surface area contributed by atoms with E-state index in [1.165, 1.54) is 14.2 Å². The normalized spacial score (nSPS) is 25.2. The summed E-state index contributed by atoms with van der Waals surface area (Å²) in [5.74, 6) is -2.83. The second kappa shape index (κ2) is 5.76. The number of esters is 2. The van der Waals surface area contributed by atoms with Crippen LogP contribution in [0.15, 0.2) is 36.4 Å². The van der Waals surface area contributed by atoms with Gasteiger partial charge in [0.05, 0.1) is 26.1 Å². The van der Waals surface area contributed by atoms with E-state index in [0.29, 0.717) is 11.4 Å². The second-order valence-electron chi connectivity index (χ2n) is 6.83. The van der Waals surface area contributed by atoms with E-state index in [2.05, 4.69) is 0 Å². The molecule has 0 unspecified atom stereocenters. The molecule has 0 spiro atoms. The fourth-order valence-electron chi connectivity index (χ4n) is 4.65. The van der Waals surface area contributed by atoms with Gasteiger partial charge < -0.3 is 20.9 Å². The van der Waals surface area contributed by atoms with Gasteiger partial charge in [-0.1, -0.05) is 12.1 Å². The van der Waals surface area contributed by atoms with Crippen LogP contribution < -0.4 is 11.5 Å². The molecule has 0 saturated heterocycles. The van der Waals surface area contributed by atoms with Crippen LogP contribution in [0, 0.1) is 11.8 Å². The minimum Gasteiger partial charge on any atom is -0.469 e. The molecule has 2 aromatic rings. The van der Waals surface area contributed by atoms with Crippen molar-refractivity contribution in [2.45, 2.75) is 11.8 Å². The molecule has 5 rings (SSSR count). The van der Waals surface area contributed by atoms with Crippen molar-refractivity contribution >= 4 is 23.3 Å². The molecule has 4 N–H and O–H groups in total. The number of fused-ring (bicyclic) bond motifs is 1. The lowest BCUT2D eigenvalue weighted by Gasteiger charge is -2.48. The molecular formula is C20H20N2O4. The highest BCUT2D eigenvalue weighted by Crippen LogP contribution is 2.59. The Balaban J connectivity index is 2.04. The first-order valence-corrected chi connectivity index (χ1v) is 8.42. The van der Waals surface area contributed by atoms with Gasteiger partial charge in [-0.05, 0) is 46.5 Å². The molecule has 0 saturated carbocycles. The Morgan fingerprint density at radius 2 is 1.12 bits per heavy atom. The molecule has 2 aromatic carbocycles. The van der Waals surface area contributed by atoms with Crippen molar-refractivity contribution in [3.63, 3.8) is 0 Å². The van der Waals surface area contributed by atoms with Crippen LogP contribution in [0.2, 0.25) is 0 Å². The number of anilines is 2. The van der Waals surface area contributed by atoms with Gasteiger partial charge in [0.1, 0.15) is 0 Å². The van der Waals surface area contributed by atoms with E-state index in [1.807, 2.05) is 36.4 Å². The predicted octanol–water partition coefficient (Wildman–Crippen LogP) is 2.02. The summed E-state index contributed by atoms with van der Waals surface area (Å²) in [6, 6.07) is 11.3. The van der Waals surface area contributed by atoms with Gasteiger partial charge in [0.2, 0.25) is 0 Å². The second-order valence-corrected chi connectivity index (χ2v) is 6.83. The molecule has 0 fully saturated rings. The number of hydrogen-bond acceptors (Lipinski definition) is 6. The minimum absolute atomic E-state index is 0.328. The summed E-state index contributed by atoms with van der Waals surface area (Å²) >= 11 is 0. The Morgan fingerprint density at radius 3 is 1.46 bits per heavy atom. The number of hydrogen-bond donors (Lipinski definition) is 2. The molecule has 4 atom stereocenters. The van der Waals surface area contributed by atoms with Crippen molar-refractivity contribution in [2.75, 3.05) is 25.7 Å². The molecule has 3 aliphatic carbocycles. The van der Waals surface area contributed by atoms with Crippen molar-refractivity contribution in [2.24, 2.45) is 11.8 Å². The Labute approximate surface area is 151 Å². The lowest BCUT2D eigenvalue weighted by atomic mass is 9.54. The highest BCUT2D eigenvalue weighted by Gasteiger charge is 2.56. The van der Waals surface area contributed by atoms with Crippen LogP contribution in [0.3, 0.4) is 0 Å². The third kappa shape index (κ3) is 2.11. The third-order valence-electron chi connectivity index (χ3n) is 5.61. The van der Waals surface area contributed by atoms with E-state index in [9.17, 15) is 9.59 Å². The molecule has 134 valence electrons. The molecule has 6 nitrogen and oxygen atoms in total. The lowest BCUT2D eigenvalue weighted by molar-refractivity contribution is -0.160. The van der Waals surface area contributed by atoms with E-state index in [4.69, 9.17) is 20.9 Å². The molecule has 3 aliphatic rings. The average Bonchev–Trinajstić information content (AvgIpc) is 2.65. The Bertz CT molecular complexity index is 849. The van der Waals surface area contributed by atoms with Crippen molar-refractivity contribution in [3.05, 3.63) is 58.7 Å². The first-order valence-electron chi connectivity index (χ1n) is 8.42. The van der Waals surface area contributed by atoms with Crippen LogP contribution in [-0.2, 0) is 19.1 Å². The Morgan fingerprint density at radius 1 is 0.731 bits per heavy atom. The molecule has 0 radical (unpaired) electrons. The fraction of sp³-hybridized carbons (Fsp3) is 0.300. The largest absolute Gasteiger partial charge is 0.469 e. The van der Waals surface area contributed by atoms with Gasteiger partial charge in [0.25, 0.3) is 0 Å². The van der Waals surface area contributed by atoms with Crippen LogP contribution in [0.4, 0.5) is 11.4 Å². The van der Waals surface area contributed by atoms with Crippen LogP contribution in [0.5, 0.6) is 0 Å². The van der Waals surface area contributed by atoms with E-state index >= 15 is 0 Å². The highest BCUT2D eigenvalue weighted by atomic mass is 16.5. The zero-order chi connectivity index (χ0) is 18.6. The molecular weight excluding hydrogens is 332 g/mol. The van der Waals surface area contributed by atoms with Gasteiger partial charge in [-0.25, -0.2) is 0 Å². The predicted molar refractivity (Wildman–Crippen MR) is 96.4 cm³/mol. The number of carbonyl (C=O) groups is 2. The van der Waals surface area contributed by atoms with Crippen molar-refractivity contribution < 1.29 is 19.1 Å². The van der Waals surface area contributed by atoms with Gasteiger partial charge in [-0.15, -0.1) is 0 Å². The summed E-state index contributed by atoms with van der Waals surface area (Å²) in [7, 11) is 2.67. The smallest absolute Gasteiger partial charge is 0.310 e. The number of rotatable bonds is 2. The van der Waals surface area contributed by atoms with Gasteiger partial charge in [0, 0.05) is 23.2 Å². The molecule has 0 aromatic heterocycles. The first-order chi connectivity index (χ1) is 12.5. The molecule has 0 heterocycles. The lowest BCUT2D eigenvalue weighted by Crippen LogP contribution is -2.47. The Kier molecular flexibility index (Phi) is 3.64. The van der Waals surface area contributed by atoms with Gasteiger partial charge in [0.15, 0.2) is 0 Å². The average molecular weight is 352 g/mol. The van der Waals surface area contributed by atoms with Crippen molar-refractivity contribution in [3.8, 4) is 0 Å². The number of carbonyl (C=O) groups excluding carboxylic acids is 2. The summed E-state index contributed by atoms with van der Waals surface area (Å²) in [5, 5.41) is 0. The molecule has 26 heavy (non-hydrogen) atoms. The van der Waals surface area contributed by atoms with E-state index in [0.717, 1.165) is 22.3 Å². The van der Waals surface area contributed by atoms with Gasteiger partial charge in [-0.2, -0.15) is 0 Å². The van der Waals surface area contributed by atoms with Gasteiger partial charge in [-0.3, -0.25) is 9.59 Å². The third-order valence-corrected chi connectivity index (χ3v) is 5.61. The van der Waals surface area contributed by atoms with E-state index in [1.54, 1.807) is 0 Å². The summed E-state index contributed by atoms with van der Waals surface area (Å²) in [6.07, 6.45) is 0. The first kappa shape index (κ1) is 16.4. The number of nitrogen functional groups attached to an aromatic ring is 2. The van der Waals surface area contributed by atoms with Crippen molar-refractivity contribution in [1.29, 1.82) is 0 Å². The number of ether oxygens (including phenoxy) is 2. The number of nitrogens with two attached hydrogens (primary N) is 2. The number of methoxy groups -OCH3 is 2. The molecule has 0 aliphatic heterocycles. The minimum atomic E-state index is -0.664. The Hall–Kier alpha value is -3.02. The monoisotopic (exact) mass is 352 g/mol. The quantitative estimate of drug-likeness (QED) is 0.633. The number of benzene rings is 2. The summed E-state index contributed by atoms with van der Waals surface area (Å²) < 4.78 is 10.1. The van der Waals surface area contributed by atoms with Crippen LogP contribution >= 0.6 is 0 Å². The van der Waals surface area contributed by atoms with Crippen LogP contribution in [0.25, 0.3) is 0 Å². The maximum atomic E-state index is 12.7. The van der Waals surface area contributed by atoms with Crippen LogP contribution in [0.1, 0.15) is 34.1 Å². The van der Waals surface area contributed by atoms with Crippen LogP contribution in [-0.4, -0.2) is 26.2 Å². The summed E-state index contributed by atoms with van der Waals surface area (Å²) in [4.78, 5) is 25.3. The zero-order valence-corrected chi connectivity index (χ0v) is 14.6. The maximum absolute atomic E-state index is 12.7. The molecule has 6 heteroatoms. The van der Waals surface area contributed by atoms with Crippen molar-refractivity contribution in [1.82, 2.24) is 0 Å².